The van der Waals surface area contributed by atoms with Crippen molar-refractivity contribution in [3.63, 3.8) is 0 Å². The van der Waals surface area contributed by atoms with Gasteiger partial charge in [0.25, 0.3) is 0 Å². The first-order chi connectivity index (χ1) is 13.6. The quantitative estimate of drug-likeness (QED) is 0.665. The molecule has 3 heterocycles. The van der Waals surface area contributed by atoms with Gasteiger partial charge in [-0.1, -0.05) is 23.7 Å². The van der Waals surface area contributed by atoms with E-state index in [9.17, 15) is 4.79 Å². The number of amides is 1. The highest BCUT2D eigenvalue weighted by atomic mass is 35.5. The second-order valence-corrected chi connectivity index (χ2v) is 7.57. The van der Waals surface area contributed by atoms with Gasteiger partial charge in [-0.25, -0.2) is 4.98 Å². The molecular formula is C20H23ClN6O. The number of carbonyl (C=O) groups is 1. The fourth-order valence-electron chi connectivity index (χ4n) is 3.73. The Morgan fingerprint density at radius 1 is 1.36 bits per heavy atom. The van der Waals surface area contributed by atoms with Crippen molar-refractivity contribution >= 4 is 17.5 Å². The summed E-state index contributed by atoms with van der Waals surface area (Å²) in [6, 6.07) is 9.42. The third kappa shape index (κ3) is 3.95. The largest absolute Gasteiger partial charge is 0.353 e. The van der Waals surface area contributed by atoms with Crippen molar-refractivity contribution in [3.05, 3.63) is 71.5 Å². The van der Waals surface area contributed by atoms with Crippen LogP contribution in [-0.2, 0) is 11.8 Å². The highest BCUT2D eigenvalue weighted by Crippen LogP contribution is 2.27. The first-order valence-electron chi connectivity index (χ1n) is 9.32. The van der Waals surface area contributed by atoms with E-state index >= 15 is 0 Å². The van der Waals surface area contributed by atoms with E-state index in [1.165, 1.54) is 0 Å². The number of rotatable bonds is 6. The maximum Gasteiger partial charge on any atom is 0.225 e. The van der Waals surface area contributed by atoms with Gasteiger partial charge < -0.3 is 15.2 Å². The molecule has 146 valence electrons. The number of imidazole rings is 1. The first-order valence-corrected chi connectivity index (χ1v) is 9.70. The predicted molar refractivity (Wildman–Crippen MR) is 107 cm³/mol. The minimum absolute atomic E-state index is 0.0340. The SMILES string of the molecule is Cn1cnc([C@@H]2CNC[C@H]2C(=O)NCC(c2ccc(Cl)cc2)n2cccn2)c1. The number of carbonyl (C=O) groups excluding carboxylic acids is 1. The van der Waals surface area contributed by atoms with Crippen molar-refractivity contribution in [3.8, 4) is 0 Å². The average Bonchev–Trinajstić information content (AvgIpc) is 3.44. The molecule has 0 bridgehead atoms. The van der Waals surface area contributed by atoms with Gasteiger partial charge in [0.15, 0.2) is 0 Å². The molecule has 1 aliphatic heterocycles. The lowest BCUT2D eigenvalue weighted by molar-refractivity contribution is -0.124. The summed E-state index contributed by atoms with van der Waals surface area (Å²) in [7, 11) is 1.94. The Morgan fingerprint density at radius 3 is 2.86 bits per heavy atom. The molecule has 0 spiro atoms. The summed E-state index contributed by atoms with van der Waals surface area (Å²) in [6.45, 7) is 1.86. The summed E-state index contributed by atoms with van der Waals surface area (Å²) < 4.78 is 3.77. The fraction of sp³-hybridized carbons (Fsp3) is 0.350. The van der Waals surface area contributed by atoms with E-state index in [1.807, 2.05) is 59.0 Å². The molecule has 7 nitrogen and oxygen atoms in total. The second-order valence-electron chi connectivity index (χ2n) is 7.13. The van der Waals surface area contributed by atoms with E-state index < -0.39 is 0 Å². The van der Waals surface area contributed by atoms with Gasteiger partial charge in [0.1, 0.15) is 0 Å². The number of halogens is 1. The third-order valence-corrected chi connectivity index (χ3v) is 5.48. The second kappa shape index (κ2) is 8.16. The van der Waals surface area contributed by atoms with Crippen molar-refractivity contribution in [1.82, 2.24) is 30.0 Å². The van der Waals surface area contributed by atoms with Gasteiger partial charge in [-0.3, -0.25) is 9.48 Å². The molecule has 1 fully saturated rings. The molecular weight excluding hydrogens is 376 g/mol. The Morgan fingerprint density at radius 2 is 2.18 bits per heavy atom. The number of aromatic nitrogens is 4. The molecule has 2 aromatic heterocycles. The summed E-state index contributed by atoms with van der Waals surface area (Å²) >= 11 is 6.02. The first kappa shape index (κ1) is 18.7. The van der Waals surface area contributed by atoms with E-state index in [0.29, 0.717) is 18.1 Å². The maximum atomic E-state index is 13.0. The number of aryl methyl sites for hydroxylation is 1. The molecule has 0 radical (unpaired) electrons. The molecule has 0 saturated carbocycles. The third-order valence-electron chi connectivity index (χ3n) is 5.22. The molecule has 1 aliphatic rings. The maximum absolute atomic E-state index is 13.0. The molecule has 2 N–H and O–H groups in total. The summed E-state index contributed by atoms with van der Waals surface area (Å²) in [5, 5.41) is 11.5. The molecule has 1 saturated heterocycles. The van der Waals surface area contributed by atoms with Gasteiger partial charge in [-0.2, -0.15) is 5.10 Å². The molecule has 1 unspecified atom stereocenters. The Hall–Kier alpha value is -2.64. The zero-order valence-electron chi connectivity index (χ0n) is 15.6. The van der Waals surface area contributed by atoms with Crippen LogP contribution >= 0.6 is 11.6 Å². The van der Waals surface area contributed by atoms with E-state index in [-0.39, 0.29) is 23.8 Å². The normalized spacial score (nSPS) is 20.2. The number of hydrogen-bond acceptors (Lipinski definition) is 4. The monoisotopic (exact) mass is 398 g/mol. The Kier molecular flexibility index (Phi) is 5.45. The topological polar surface area (TPSA) is 76.8 Å². The molecule has 8 heteroatoms. The average molecular weight is 399 g/mol. The number of benzene rings is 1. The van der Waals surface area contributed by atoms with Crippen LogP contribution in [-0.4, -0.2) is 44.9 Å². The van der Waals surface area contributed by atoms with Gasteiger partial charge in [0.2, 0.25) is 5.91 Å². The van der Waals surface area contributed by atoms with Crippen molar-refractivity contribution in [2.45, 2.75) is 12.0 Å². The molecule has 1 amide bonds. The summed E-state index contributed by atoms with van der Waals surface area (Å²) in [5.41, 5.74) is 1.99. The van der Waals surface area contributed by atoms with Crippen LogP contribution in [0.2, 0.25) is 5.02 Å². The van der Waals surface area contributed by atoms with Crippen LogP contribution in [0, 0.1) is 5.92 Å². The lowest BCUT2D eigenvalue weighted by atomic mass is 9.92. The Labute approximate surface area is 168 Å². The van der Waals surface area contributed by atoms with Crippen molar-refractivity contribution in [1.29, 1.82) is 0 Å². The van der Waals surface area contributed by atoms with Crippen molar-refractivity contribution < 1.29 is 4.79 Å². The standard InChI is InChI=1S/C20H23ClN6O/c1-26-12-18(24-13-26)16-9-22-10-17(16)20(28)23-11-19(27-8-2-7-25-27)14-3-5-15(21)6-4-14/h2-8,12-13,16-17,19,22H,9-11H2,1H3,(H,23,28)/t16-,17-,19?/m1/s1. The van der Waals surface area contributed by atoms with Gasteiger partial charge in [0.05, 0.1) is 24.0 Å². The predicted octanol–water partition coefficient (Wildman–Crippen LogP) is 1.98. The van der Waals surface area contributed by atoms with Gasteiger partial charge in [-0.05, 0) is 23.8 Å². The summed E-state index contributed by atoms with van der Waals surface area (Å²) in [6.07, 6.45) is 7.40. The smallest absolute Gasteiger partial charge is 0.225 e. The van der Waals surface area contributed by atoms with Crippen molar-refractivity contribution in [2.75, 3.05) is 19.6 Å². The highest BCUT2D eigenvalue weighted by molar-refractivity contribution is 6.30. The van der Waals surface area contributed by atoms with Gasteiger partial charge in [-0.15, -0.1) is 0 Å². The van der Waals surface area contributed by atoms with Crippen LogP contribution in [0.3, 0.4) is 0 Å². The van der Waals surface area contributed by atoms with Crippen LogP contribution < -0.4 is 10.6 Å². The fourth-order valence-corrected chi connectivity index (χ4v) is 3.86. The van der Waals surface area contributed by atoms with E-state index in [0.717, 1.165) is 17.8 Å². The molecule has 3 atom stereocenters. The summed E-state index contributed by atoms with van der Waals surface area (Å²) in [4.78, 5) is 17.4. The van der Waals surface area contributed by atoms with E-state index in [1.54, 1.807) is 12.5 Å². The number of nitrogens with zero attached hydrogens (tertiary/aromatic N) is 4. The van der Waals surface area contributed by atoms with Crippen LogP contribution in [0.5, 0.6) is 0 Å². The highest BCUT2D eigenvalue weighted by Gasteiger charge is 2.35. The van der Waals surface area contributed by atoms with Crippen molar-refractivity contribution in [2.24, 2.45) is 13.0 Å². The van der Waals surface area contributed by atoms with Crippen LogP contribution in [0.15, 0.2) is 55.2 Å². The molecule has 0 aliphatic carbocycles. The van der Waals surface area contributed by atoms with Gasteiger partial charge >= 0.3 is 0 Å². The minimum Gasteiger partial charge on any atom is -0.353 e. The van der Waals surface area contributed by atoms with Crippen LogP contribution in [0.1, 0.15) is 23.2 Å². The Bertz CT molecular complexity index is 921. The van der Waals surface area contributed by atoms with Crippen LogP contribution in [0.25, 0.3) is 0 Å². The van der Waals surface area contributed by atoms with Crippen LogP contribution in [0.4, 0.5) is 0 Å². The molecule has 3 aromatic rings. The van der Waals surface area contributed by atoms with Gasteiger partial charge in [0, 0.05) is 56.2 Å². The summed E-state index contributed by atoms with van der Waals surface area (Å²) in [5.74, 6) is -0.0231. The van der Waals surface area contributed by atoms with E-state index in [2.05, 4.69) is 20.7 Å². The minimum atomic E-state index is -0.140. The molecule has 4 rings (SSSR count). The number of nitrogens with one attached hydrogen (secondary N) is 2. The number of hydrogen-bond donors (Lipinski definition) is 2. The lowest BCUT2D eigenvalue weighted by Gasteiger charge is -2.22. The lowest BCUT2D eigenvalue weighted by Crippen LogP contribution is -2.38. The Balaban J connectivity index is 1.47. The van der Waals surface area contributed by atoms with E-state index in [4.69, 9.17) is 11.6 Å². The zero-order chi connectivity index (χ0) is 19.5. The molecule has 1 aromatic carbocycles. The molecule has 28 heavy (non-hydrogen) atoms. The zero-order valence-corrected chi connectivity index (χ0v) is 16.4.